The van der Waals surface area contributed by atoms with Gasteiger partial charge in [0.05, 0.1) is 0 Å². The minimum atomic E-state index is -0.000985. The molecule has 0 radical (unpaired) electrons. The van der Waals surface area contributed by atoms with Crippen LogP contribution in [-0.2, 0) is 0 Å². The summed E-state index contributed by atoms with van der Waals surface area (Å²) in [7, 11) is 0. The second kappa shape index (κ2) is 12.2. The molecule has 0 aliphatic rings. The Bertz CT molecular complexity index is 1800. The summed E-state index contributed by atoms with van der Waals surface area (Å²) in [5, 5.41) is 0. The quantitative estimate of drug-likeness (QED) is 0.174. The summed E-state index contributed by atoms with van der Waals surface area (Å²) in [4.78, 5) is 0. The lowest BCUT2D eigenvalue weighted by Gasteiger charge is -2.27. The molecule has 0 saturated heterocycles. The normalized spacial score (nSPS) is 11.0. The summed E-state index contributed by atoms with van der Waals surface area (Å²) in [5.74, 6) is -0.000985. The summed E-state index contributed by atoms with van der Waals surface area (Å²) in [6.07, 6.45) is 0. The van der Waals surface area contributed by atoms with Crippen molar-refractivity contribution >= 4 is 0 Å². The van der Waals surface area contributed by atoms with Crippen molar-refractivity contribution in [3.63, 3.8) is 0 Å². The van der Waals surface area contributed by atoms with Gasteiger partial charge in [0.25, 0.3) is 0 Å². The molecule has 7 aromatic carbocycles. The molecule has 0 aliphatic heterocycles. The van der Waals surface area contributed by atoms with Crippen molar-refractivity contribution in [1.29, 1.82) is 0 Å². The molecule has 0 spiro atoms. The van der Waals surface area contributed by atoms with E-state index in [0.717, 1.165) is 0 Å². The van der Waals surface area contributed by atoms with Crippen molar-refractivity contribution in [2.75, 3.05) is 0 Å². The topological polar surface area (TPSA) is 0 Å². The van der Waals surface area contributed by atoms with Crippen LogP contribution in [0, 0.1) is 0 Å². The molecule has 7 aromatic rings. The Morgan fingerprint density at radius 3 is 0.953 bits per heavy atom. The number of hydrogen-bond donors (Lipinski definition) is 0. The Kier molecular flexibility index (Phi) is 7.49. The predicted molar refractivity (Wildman–Crippen MR) is 182 cm³/mol. The Hall–Kier alpha value is -5.46. The van der Waals surface area contributed by atoms with E-state index < -0.39 is 0 Å². The Labute approximate surface area is 254 Å². The van der Waals surface area contributed by atoms with E-state index in [2.05, 4.69) is 188 Å². The molecular weight excluding hydrogens is 516 g/mol. The van der Waals surface area contributed by atoms with Crippen LogP contribution in [0.15, 0.2) is 188 Å². The molecule has 7 rings (SSSR count). The SMILES string of the molecule is c1ccc(-c2cccc(C(c3ccccc3)c3cccc(-c4ccccc4)c3-c3ccccc3)c2-c2ccccc2)cc1. The maximum absolute atomic E-state index is 2.33. The van der Waals surface area contributed by atoms with Gasteiger partial charge < -0.3 is 0 Å². The van der Waals surface area contributed by atoms with E-state index in [1.807, 2.05) is 0 Å². The highest BCUT2D eigenvalue weighted by Gasteiger charge is 2.26. The first kappa shape index (κ1) is 26.4. The van der Waals surface area contributed by atoms with Crippen LogP contribution in [0.2, 0.25) is 0 Å². The van der Waals surface area contributed by atoms with Crippen molar-refractivity contribution in [1.82, 2.24) is 0 Å². The van der Waals surface area contributed by atoms with Crippen LogP contribution in [-0.4, -0.2) is 0 Å². The largest absolute Gasteiger partial charge is 0.0622 e. The summed E-state index contributed by atoms with van der Waals surface area (Å²) in [6, 6.07) is 67.9. The van der Waals surface area contributed by atoms with E-state index in [1.165, 1.54) is 61.2 Å². The minimum Gasteiger partial charge on any atom is -0.0622 e. The second-order valence-corrected chi connectivity index (χ2v) is 10.8. The molecule has 0 amide bonds. The molecule has 0 aliphatic carbocycles. The van der Waals surface area contributed by atoms with Gasteiger partial charge in [-0.1, -0.05) is 188 Å². The van der Waals surface area contributed by atoms with E-state index in [1.54, 1.807) is 0 Å². The molecule has 0 heterocycles. The standard InChI is InChI=1S/C43H32/c1-6-18-32(19-7-1)37-28-16-30-39(41(37)34-22-10-3-11-23-34)43(36-26-14-5-15-27-36)40-31-17-29-38(33-20-8-2-9-21-33)42(40)35-24-12-4-13-25-35/h1-31,43H. The van der Waals surface area contributed by atoms with Crippen molar-refractivity contribution in [2.24, 2.45) is 0 Å². The summed E-state index contributed by atoms with van der Waals surface area (Å²) in [6.45, 7) is 0. The fourth-order valence-corrected chi connectivity index (χ4v) is 6.36. The average molecular weight is 549 g/mol. The molecule has 204 valence electrons. The number of benzene rings is 7. The van der Waals surface area contributed by atoms with Gasteiger partial charge in [-0.15, -0.1) is 0 Å². The van der Waals surface area contributed by atoms with Crippen LogP contribution in [0.1, 0.15) is 22.6 Å². The summed E-state index contributed by atoms with van der Waals surface area (Å²) < 4.78 is 0. The van der Waals surface area contributed by atoms with Gasteiger partial charge >= 0.3 is 0 Å². The predicted octanol–water partition coefficient (Wildman–Crippen LogP) is 11.5. The van der Waals surface area contributed by atoms with Crippen LogP contribution < -0.4 is 0 Å². The highest BCUT2D eigenvalue weighted by Crippen LogP contribution is 2.47. The maximum Gasteiger partial charge on any atom is 0.0352 e. The average Bonchev–Trinajstić information content (AvgIpc) is 3.10. The zero-order valence-corrected chi connectivity index (χ0v) is 24.0. The second-order valence-electron chi connectivity index (χ2n) is 10.8. The third kappa shape index (κ3) is 5.32. The maximum atomic E-state index is 2.33. The fourth-order valence-electron chi connectivity index (χ4n) is 6.36. The van der Waals surface area contributed by atoms with Crippen LogP contribution in [0.3, 0.4) is 0 Å². The molecule has 0 saturated carbocycles. The van der Waals surface area contributed by atoms with Crippen molar-refractivity contribution < 1.29 is 0 Å². The van der Waals surface area contributed by atoms with E-state index in [9.17, 15) is 0 Å². The Morgan fingerprint density at radius 2 is 0.581 bits per heavy atom. The first-order valence-electron chi connectivity index (χ1n) is 14.9. The minimum absolute atomic E-state index is 0.000985. The zero-order chi connectivity index (χ0) is 28.8. The van der Waals surface area contributed by atoms with Crippen LogP contribution in [0.5, 0.6) is 0 Å². The molecule has 0 unspecified atom stereocenters. The van der Waals surface area contributed by atoms with E-state index >= 15 is 0 Å². The van der Waals surface area contributed by atoms with Gasteiger partial charge in [0.2, 0.25) is 0 Å². The van der Waals surface area contributed by atoms with Gasteiger partial charge in [-0.3, -0.25) is 0 Å². The van der Waals surface area contributed by atoms with Gasteiger partial charge in [0, 0.05) is 5.92 Å². The highest BCUT2D eigenvalue weighted by molar-refractivity contribution is 5.90. The number of rotatable bonds is 7. The van der Waals surface area contributed by atoms with Crippen LogP contribution in [0.25, 0.3) is 44.5 Å². The molecule has 0 nitrogen and oxygen atoms in total. The lowest BCUT2D eigenvalue weighted by molar-refractivity contribution is 0.983. The first-order valence-corrected chi connectivity index (χ1v) is 14.9. The monoisotopic (exact) mass is 548 g/mol. The molecule has 0 N–H and O–H groups in total. The van der Waals surface area contributed by atoms with Gasteiger partial charge in [0.15, 0.2) is 0 Å². The molecular formula is C43H32. The smallest absolute Gasteiger partial charge is 0.0352 e. The zero-order valence-electron chi connectivity index (χ0n) is 24.0. The Morgan fingerprint density at radius 1 is 0.256 bits per heavy atom. The third-order valence-electron chi connectivity index (χ3n) is 8.24. The van der Waals surface area contributed by atoms with E-state index in [-0.39, 0.29) is 5.92 Å². The molecule has 0 bridgehead atoms. The summed E-state index contributed by atoms with van der Waals surface area (Å²) in [5.41, 5.74) is 13.8. The lowest BCUT2D eigenvalue weighted by atomic mass is 9.75. The van der Waals surface area contributed by atoms with Gasteiger partial charge in [0.1, 0.15) is 0 Å². The van der Waals surface area contributed by atoms with Crippen LogP contribution in [0.4, 0.5) is 0 Å². The van der Waals surface area contributed by atoms with Gasteiger partial charge in [-0.2, -0.15) is 0 Å². The summed E-state index contributed by atoms with van der Waals surface area (Å²) >= 11 is 0. The van der Waals surface area contributed by atoms with Gasteiger partial charge in [-0.05, 0) is 61.2 Å². The first-order chi connectivity index (χ1) is 21.4. The van der Waals surface area contributed by atoms with Crippen molar-refractivity contribution in [3.05, 3.63) is 205 Å². The molecule has 0 fully saturated rings. The lowest BCUT2D eigenvalue weighted by Crippen LogP contribution is -2.08. The molecule has 0 heteroatoms. The number of hydrogen-bond acceptors (Lipinski definition) is 0. The molecule has 0 aromatic heterocycles. The van der Waals surface area contributed by atoms with Crippen molar-refractivity contribution in [2.45, 2.75) is 5.92 Å². The van der Waals surface area contributed by atoms with E-state index in [4.69, 9.17) is 0 Å². The highest BCUT2D eigenvalue weighted by atomic mass is 14.3. The fraction of sp³-hybridized carbons (Fsp3) is 0.0233. The molecule has 43 heavy (non-hydrogen) atoms. The molecule has 0 atom stereocenters. The third-order valence-corrected chi connectivity index (χ3v) is 8.24. The van der Waals surface area contributed by atoms with Crippen molar-refractivity contribution in [3.8, 4) is 44.5 Å². The van der Waals surface area contributed by atoms with Crippen LogP contribution >= 0.6 is 0 Å². The Balaban J connectivity index is 1.58. The van der Waals surface area contributed by atoms with Gasteiger partial charge in [-0.25, -0.2) is 0 Å². The van der Waals surface area contributed by atoms with E-state index in [0.29, 0.717) is 0 Å².